The molecule has 0 amide bonds. The maximum absolute atomic E-state index is 12.1. The molecule has 0 aliphatic rings. The summed E-state index contributed by atoms with van der Waals surface area (Å²) >= 11 is 0. The minimum absolute atomic E-state index is 0.139. The number of benzene rings is 2. The molecule has 1 N–H and O–H groups in total. The van der Waals surface area contributed by atoms with E-state index in [1.54, 1.807) is 30.5 Å². The Balaban J connectivity index is 1.65. The Kier molecular flexibility index (Phi) is 5.94. The predicted octanol–water partition coefficient (Wildman–Crippen LogP) is 3.11. The lowest BCUT2D eigenvalue weighted by molar-refractivity contribution is 0.208. The molecular weight excluding hydrogens is 430 g/mol. The normalized spacial score (nSPS) is 12.0. The van der Waals surface area contributed by atoms with E-state index < -0.39 is 10.0 Å². The van der Waals surface area contributed by atoms with E-state index >= 15 is 0 Å². The molecule has 2 heterocycles. The van der Waals surface area contributed by atoms with Crippen molar-refractivity contribution in [2.45, 2.75) is 19.9 Å². The molecule has 32 heavy (non-hydrogen) atoms. The van der Waals surface area contributed by atoms with Gasteiger partial charge in [0.1, 0.15) is 16.6 Å². The van der Waals surface area contributed by atoms with Gasteiger partial charge in [0.15, 0.2) is 0 Å². The van der Waals surface area contributed by atoms with Gasteiger partial charge in [-0.2, -0.15) is 0 Å². The van der Waals surface area contributed by atoms with Gasteiger partial charge >= 0.3 is 0 Å². The van der Waals surface area contributed by atoms with Gasteiger partial charge in [0.05, 0.1) is 25.1 Å². The molecule has 0 bridgehead atoms. The Hall–Kier alpha value is -3.31. The summed E-state index contributed by atoms with van der Waals surface area (Å²) in [5, 5.41) is 12.6. The number of nitrogens with zero attached hydrogens (tertiary/aromatic N) is 6. The average molecular weight is 456 g/mol. The van der Waals surface area contributed by atoms with Crippen LogP contribution in [0.4, 0.5) is 17.3 Å². The molecule has 0 saturated carbocycles. The van der Waals surface area contributed by atoms with Crippen LogP contribution in [0.1, 0.15) is 19.9 Å². The highest BCUT2D eigenvalue weighted by Crippen LogP contribution is 2.26. The molecule has 11 heteroatoms. The van der Waals surface area contributed by atoms with E-state index in [0.29, 0.717) is 18.2 Å². The van der Waals surface area contributed by atoms with Crippen molar-refractivity contribution >= 4 is 49.3 Å². The summed E-state index contributed by atoms with van der Waals surface area (Å²) < 4.78 is 32.4. The molecule has 0 radical (unpaired) electrons. The Morgan fingerprint density at radius 2 is 1.91 bits per heavy atom. The topological polar surface area (TPSA) is 115 Å². The van der Waals surface area contributed by atoms with Crippen molar-refractivity contribution in [3.63, 3.8) is 0 Å². The number of aromatic nitrogens is 5. The zero-order chi connectivity index (χ0) is 22.9. The third-order valence-corrected chi connectivity index (χ3v) is 6.18. The van der Waals surface area contributed by atoms with Crippen LogP contribution < -0.4 is 9.62 Å². The van der Waals surface area contributed by atoms with Crippen LogP contribution in [0.25, 0.3) is 21.9 Å². The van der Waals surface area contributed by atoms with Crippen molar-refractivity contribution in [2.24, 2.45) is 0 Å². The highest BCUT2D eigenvalue weighted by molar-refractivity contribution is 7.92. The van der Waals surface area contributed by atoms with Crippen molar-refractivity contribution in [3.8, 4) is 0 Å². The quantitative estimate of drug-likeness (QED) is 0.431. The zero-order valence-electron chi connectivity index (χ0n) is 18.3. The second kappa shape index (κ2) is 8.67. The first-order chi connectivity index (χ1) is 15.3. The number of methoxy groups -OCH3 is 1. The number of sulfonamides is 1. The van der Waals surface area contributed by atoms with Crippen LogP contribution >= 0.6 is 0 Å². The molecule has 168 valence electrons. The number of ether oxygens (including phenoxy) is 1. The van der Waals surface area contributed by atoms with Crippen molar-refractivity contribution in [1.82, 2.24) is 25.0 Å². The molecule has 0 aliphatic heterocycles. The molecule has 0 unspecified atom stereocenters. The van der Waals surface area contributed by atoms with Gasteiger partial charge in [0.25, 0.3) is 0 Å². The van der Waals surface area contributed by atoms with Crippen LogP contribution in [0, 0.1) is 0 Å². The molecule has 2 aromatic carbocycles. The van der Waals surface area contributed by atoms with Crippen molar-refractivity contribution in [1.29, 1.82) is 0 Å². The Morgan fingerprint density at radius 1 is 1.16 bits per heavy atom. The molecule has 0 spiro atoms. The molecule has 10 nitrogen and oxygen atoms in total. The fourth-order valence-electron chi connectivity index (χ4n) is 3.44. The first-order valence-electron chi connectivity index (χ1n) is 10.1. The lowest BCUT2D eigenvalue weighted by atomic mass is 10.2. The molecule has 4 aromatic rings. The van der Waals surface area contributed by atoms with Crippen LogP contribution in [-0.4, -0.2) is 59.9 Å². The lowest BCUT2D eigenvalue weighted by Crippen LogP contribution is -2.32. The van der Waals surface area contributed by atoms with Gasteiger partial charge in [-0.15, -0.1) is 5.10 Å². The first kappa shape index (κ1) is 21.9. The minimum Gasteiger partial charge on any atom is -0.383 e. The molecule has 0 saturated heterocycles. The maximum atomic E-state index is 12.1. The Bertz CT molecular complexity index is 1350. The highest BCUT2D eigenvalue weighted by Gasteiger charge is 2.17. The molecular formula is C21H25N7O3S. The summed E-state index contributed by atoms with van der Waals surface area (Å²) in [6.07, 6.45) is 2.93. The van der Waals surface area contributed by atoms with Crippen LogP contribution in [0.2, 0.25) is 0 Å². The number of hydrogen-bond acceptors (Lipinski definition) is 8. The minimum atomic E-state index is -3.42. The van der Waals surface area contributed by atoms with E-state index in [1.165, 1.54) is 17.7 Å². The molecule has 0 atom stereocenters. The summed E-state index contributed by atoms with van der Waals surface area (Å²) in [6, 6.07) is 11.0. The van der Waals surface area contributed by atoms with Gasteiger partial charge in [-0.05, 0) is 50.2 Å². The SMILES string of the molecule is COCCN(c1ccc(Nc2ncc3ccc4nnn(C(C)C)c4c3n2)cc1)S(C)(=O)=O. The standard InChI is InChI=1S/C21H25N7O3S/c1-14(2)28-20-18(25-26-28)10-5-15-13-22-21(24-19(15)20)23-16-6-8-17(9-7-16)27(11-12-31-3)32(4,29)30/h5-10,13-14H,11-12H2,1-4H3,(H,22,23,24). The first-order valence-corrected chi connectivity index (χ1v) is 12.0. The third-order valence-electron chi connectivity index (χ3n) is 4.98. The Labute approximate surface area is 186 Å². The molecule has 0 fully saturated rings. The van der Waals surface area contributed by atoms with Crippen LogP contribution in [0.3, 0.4) is 0 Å². The van der Waals surface area contributed by atoms with Crippen LogP contribution in [0.5, 0.6) is 0 Å². The summed E-state index contributed by atoms with van der Waals surface area (Å²) in [6.45, 7) is 4.63. The van der Waals surface area contributed by atoms with E-state index in [-0.39, 0.29) is 12.6 Å². The summed E-state index contributed by atoms with van der Waals surface area (Å²) in [5.41, 5.74) is 3.69. The van der Waals surface area contributed by atoms with E-state index in [4.69, 9.17) is 9.72 Å². The van der Waals surface area contributed by atoms with Gasteiger partial charge in [-0.1, -0.05) is 5.21 Å². The maximum Gasteiger partial charge on any atom is 0.232 e. The monoisotopic (exact) mass is 455 g/mol. The van der Waals surface area contributed by atoms with E-state index in [1.807, 2.05) is 30.7 Å². The lowest BCUT2D eigenvalue weighted by Gasteiger charge is -2.22. The van der Waals surface area contributed by atoms with Gasteiger partial charge in [0, 0.05) is 30.4 Å². The number of nitrogens with one attached hydrogen (secondary N) is 1. The fourth-order valence-corrected chi connectivity index (χ4v) is 4.35. The van der Waals surface area contributed by atoms with Crippen molar-refractivity contribution < 1.29 is 13.2 Å². The zero-order valence-corrected chi connectivity index (χ0v) is 19.2. The second-order valence-corrected chi connectivity index (χ2v) is 9.60. The summed E-state index contributed by atoms with van der Waals surface area (Å²) in [7, 11) is -1.88. The number of rotatable bonds is 8. The molecule has 2 aromatic heterocycles. The van der Waals surface area contributed by atoms with E-state index in [0.717, 1.165) is 27.6 Å². The fraction of sp³-hybridized carbons (Fsp3) is 0.333. The smallest absolute Gasteiger partial charge is 0.232 e. The largest absolute Gasteiger partial charge is 0.383 e. The summed E-state index contributed by atoms with van der Waals surface area (Å²) in [4.78, 5) is 9.12. The molecule has 0 aliphatic carbocycles. The molecule has 4 rings (SSSR count). The highest BCUT2D eigenvalue weighted by atomic mass is 32.2. The van der Waals surface area contributed by atoms with Gasteiger partial charge < -0.3 is 10.1 Å². The van der Waals surface area contributed by atoms with E-state index in [2.05, 4.69) is 20.6 Å². The van der Waals surface area contributed by atoms with Crippen molar-refractivity contribution in [3.05, 3.63) is 42.6 Å². The second-order valence-electron chi connectivity index (χ2n) is 7.69. The summed E-state index contributed by atoms with van der Waals surface area (Å²) in [5.74, 6) is 0.425. The average Bonchev–Trinajstić information content (AvgIpc) is 3.19. The van der Waals surface area contributed by atoms with Gasteiger partial charge in [-0.25, -0.2) is 23.1 Å². The van der Waals surface area contributed by atoms with E-state index in [9.17, 15) is 8.42 Å². The number of hydrogen-bond donors (Lipinski definition) is 1. The van der Waals surface area contributed by atoms with Crippen LogP contribution in [0.15, 0.2) is 42.6 Å². The number of fused-ring (bicyclic) bond motifs is 3. The van der Waals surface area contributed by atoms with Gasteiger partial charge in [0.2, 0.25) is 16.0 Å². The van der Waals surface area contributed by atoms with Crippen molar-refractivity contribution in [2.75, 3.05) is 36.1 Å². The Morgan fingerprint density at radius 3 is 2.56 bits per heavy atom. The third kappa shape index (κ3) is 4.34. The predicted molar refractivity (Wildman–Crippen MR) is 125 cm³/mol. The number of anilines is 3. The van der Waals surface area contributed by atoms with Gasteiger partial charge in [-0.3, -0.25) is 4.31 Å². The van der Waals surface area contributed by atoms with Crippen LogP contribution in [-0.2, 0) is 14.8 Å².